The van der Waals surface area contributed by atoms with Crippen molar-refractivity contribution in [3.63, 3.8) is 0 Å². The van der Waals surface area contributed by atoms with Gasteiger partial charge in [0.25, 0.3) is 0 Å². The number of aryl methyl sites for hydroxylation is 1. The lowest BCUT2D eigenvalue weighted by Gasteiger charge is -2.13. The zero-order valence-corrected chi connectivity index (χ0v) is 13.1. The third kappa shape index (κ3) is 3.81. The molecule has 1 aromatic carbocycles. The van der Waals surface area contributed by atoms with Gasteiger partial charge >= 0.3 is 6.01 Å². The van der Waals surface area contributed by atoms with Crippen molar-refractivity contribution in [2.24, 2.45) is 0 Å². The normalized spacial score (nSPS) is 10.6. The summed E-state index contributed by atoms with van der Waals surface area (Å²) in [6, 6.07) is 6.36. The number of aromatic nitrogens is 3. The lowest BCUT2D eigenvalue weighted by atomic mass is 10.1. The van der Waals surface area contributed by atoms with Crippen LogP contribution in [0.5, 0.6) is 6.01 Å². The molecule has 1 heterocycles. The van der Waals surface area contributed by atoms with Crippen LogP contribution in [0.2, 0.25) is 0 Å². The third-order valence-corrected chi connectivity index (χ3v) is 3.03. The van der Waals surface area contributed by atoms with Crippen molar-refractivity contribution >= 4 is 17.6 Å². The maximum atomic E-state index is 5.55. The van der Waals surface area contributed by atoms with Crippen LogP contribution in [-0.4, -0.2) is 28.1 Å². The second kappa shape index (κ2) is 6.39. The van der Waals surface area contributed by atoms with E-state index in [-0.39, 0.29) is 6.10 Å². The van der Waals surface area contributed by atoms with Gasteiger partial charge in [0.15, 0.2) is 0 Å². The van der Waals surface area contributed by atoms with Crippen molar-refractivity contribution in [1.29, 1.82) is 0 Å². The summed E-state index contributed by atoms with van der Waals surface area (Å²) >= 11 is 0. The van der Waals surface area contributed by atoms with Gasteiger partial charge in [-0.05, 0) is 44.9 Å². The number of ether oxygens (including phenoxy) is 1. The number of hydrogen-bond acceptors (Lipinski definition) is 6. The van der Waals surface area contributed by atoms with Crippen LogP contribution in [0, 0.1) is 13.8 Å². The van der Waals surface area contributed by atoms with Crippen LogP contribution in [-0.2, 0) is 0 Å². The average molecular weight is 287 g/mol. The molecule has 0 aliphatic heterocycles. The molecule has 2 rings (SSSR count). The highest BCUT2D eigenvalue weighted by atomic mass is 16.5. The van der Waals surface area contributed by atoms with Crippen LogP contribution in [0.3, 0.4) is 0 Å². The molecule has 1 aromatic heterocycles. The Hall–Kier alpha value is -2.37. The van der Waals surface area contributed by atoms with Gasteiger partial charge in [0, 0.05) is 12.7 Å². The number of anilines is 3. The first-order valence-corrected chi connectivity index (χ1v) is 6.93. The average Bonchev–Trinajstić information content (AvgIpc) is 2.43. The van der Waals surface area contributed by atoms with Gasteiger partial charge in [-0.1, -0.05) is 12.1 Å². The van der Waals surface area contributed by atoms with Crippen molar-refractivity contribution in [3.8, 4) is 6.01 Å². The molecule has 0 bridgehead atoms. The Bertz CT molecular complexity index is 627. The van der Waals surface area contributed by atoms with Crippen LogP contribution in [0.25, 0.3) is 0 Å². The van der Waals surface area contributed by atoms with E-state index in [0.29, 0.717) is 17.9 Å². The predicted molar refractivity (Wildman–Crippen MR) is 84.3 cm³/mol. The molecule has 0 saturated carbocycles. The van der Waals surface area contributed by atoms with Crippen LogP contribution < -0.4 is 15.4 Å². The monoisotopic (exact) mass is 287 g/mol. The molecule has 0 aliphatic carbocycles. The zero-order chi connectivity index (χ0) is 15.4. The largest absolute Gasteiger partial charge is 0.461 e. The van der Waals surface area contributed by atoms with E-state index in [0.717, 1.165) is 11.3 Å². The molecule has 0 radical (unpaired) electrons. The van der Waals surface area contributed by atoms with E-state index in [1.165, 1.54) is 5.56 Å². The van der Waals surface area contributed by atoms with E-state index >= 15 is 0 Å². The highest BCUT2D eigenvalue weighted by Crippen LogP contribution is 2.22. The zero-order valence-electron chi connectivity index (χ0n) is 13.1. The van der Waals surface area contributed by atoms with Gasteiger partial charge in [-0.25, -0.2) is 0 Å². The maximum absolute atomic E-state index is 5.55. The van der Waals surface area contributed by atoms with Gasteiger partial charge in [-0.2, -0.15) is 15.0 Å². The number of nitrogens with zero attached hydrogens (tertiary/aromatic N) is 3. The summed E-state index contributed by atoms with van der Waals surface area (Å²) in [6.45, 7) is 7.99. The minimum absolute atomic E-state index is 0.00524. The molecule has 0 atom stereocenters. The van der Waals surface area contributed by atoms with Crippen molar-refractivity contribution in [1.82, 2.24) is 15.0 Å². The Kier molecular flexibility index (Phi) is 4.57. The fourth-order valence-corrected chi connectivity index (χ4v) is 1.79. The van der Waals surface area contributed by atoms with Crippen LogP contribution in [0.1, 0.15) is 25.0 Å². The molecule has 0 unspecified atom stereocenters. The van der Waals surface area contributed by atoms with Crippen LogP contribution >= 0.6 is 0 Å². The first-order valence-electron chi connectivity index (χ1n) is 6.93. The summed E-state index contributed by atoms with van der Waals surface area (Å²) in [5, 5.41) is 6.13. The molecule has 112 valence electrons. The van der Waals surface area contributed by atoms with Crippen molar-refractivity contribution in [3.05, 3.63) is 29.3 Å². The standard InChI is InChI=1S/C15H21N5O/c1-9(2)21-15-19-13(16-5)18-14(20-15)17-12-8-6-7-10(3)11(12)4/h6-9H,1-5H3,(H2,16,17,18,19,20). The Morgan fingerprint density at radius 2 is 1.76 bits per heavy atom. The van der Waals surface area contributed by atoms with Gasteiger partial charge in [0.1, 0.15) is 0 Å². The van der Waals surface area contributed by atoms with Gasteiger partial charge in [0.2, 0.25) is 11.9 Å². The summed E-state index contributed by atoms with van der Waals surface area (Å²) in [7, 11) is 1.76. The van der Waals surface area contributed by atoms with E-state index < -0.39 is 0 Å². The number of rotatable bonds is 5. The number of hydrogen-bond donors (Lipinski definition) is 2. The molecular weight excluding hydrogens is 266 g/mol. The Balaban J connectivity index is 2.32. The summed E-state index contributed by atoms with van der Waals surface area (Å²) in [6.07, 6.45) is 0.00524. The molecule has 21 heavy (non-hydrogen) atoms. The van der Waals surface area contributed by atoms with E-state index in [1.807, 2.05) is 26.0 Å². The molecule has 0 saturated heterocycles. The number of nitrogens with one attached hydrogen (secondary N) is 2. The fourth-order valence-electron chi connectivity index (χ4n) is 1.79. The predicted octanol–water partition coefficient (Wildman–Crippen LogP) is 3.06. The smallest absolute Gasteiger partial charge is 0.323 e. The second-order valence-corrected chi connectivity index (χ2v) is 5.05. The molecule has 2 N–H and O–H groups in total. The van der Waals surface area contributed by atoms with Crippen LogP contribution in [0.4, 0.5) is 17.6 Å². The molecule has 0 aliphatic rings. The lowest BCUT2D eigenvalue weighted by Crippen LogP contribution is -2.12. The summed E-state index contributed by atoms with van der Waals surface area (Å²) in [5.74, 6) is 0.923. The highest BCUT2D eigenvalue weighted by Gasteiger charge is 2.09. The highest BCUT2D eigenvalue weighted by molar-refractivity contribution is 5.60. The molecular formula is C15H21N5O. The summed E-state index contributed by atoms with van der Waals surface area (Å²) in [5.41, 5.74) is 3.34. The summed E-state index contributed by atoms with van der Waals surface area (Å²) < 4.78 is 5.55. The Labute approximate surface area is 125 Å². The second-order valence-electron chi connectivity index (χ2n) is 5.05. The first-order chi connectivity index (χ1) is 9.99. The molecule has 2 aromatic rings. The molecule has 6 nitrogen and oxygen atoms in total. The van der Waals surface area contributed by atoms with Crippen molar-refractivity contribution in [2.45, 2.75) is 33.8 Å². The van der Waals surface area contributed by atoms with Crippen molar-refractivity contribution < 1.29 is 4.74 Å². The van der Waals surface area contributed by atoms with E-state index in [1.54, 1.807) is 7.05 Å². The first kappa shape index (κ1) is 15.0. The SMILES string of the molecule is CNc1nc(Nc2cccc(C)c2C)nc(OC(C)C)n1. The van der Waals surface area contributed by atoms with Gasteiger partial charge in [-0.3, -0.25) is 0 Å². The molecule has 6 heteroatoms. The Morgan fingerprint density at radius 1 is 1.05 bits per heavy atom. The maximum Gasteiger partial charge on any atom is 0.323 e. The minimum Gasteiger partial charge on any atom is -0.461 e. The van der Waals surface area contributed by atoms with Crippen molar-refractivity contribution in [2.75, 3.05) is 17.7 Å². The molecule has 0 spiro atoms. The molecule has 0 fully saturated rings. The van der Waals surface area contributed by atoms with Gasteiger partial charge in [0.05, 0.1) is 6.10 Å². The third-order valence-electron chi connectivity index (χ3n) is 3.03. The van der Waals surface area contributed by atoms with Crippen LogP contribution in [0.15, 0.2) is 18.2 Å². The minimum atomic E-state index is 0.00524. The van der Waals surface area contributed by atoms with E-state index in [4.69, 9.17) is 4.74 Å². The fraction of sp³-hybridized carbons (Fsp3) is 0.400. The van der Waals surface area contributed by atoms with E-state index in [9.17, 15) is 0 Å². The number of benzene rings is 1. The van der Waals surface area contributed by atoms with Gasteiger partial charge in [-0.15, -0.1) is 0 Å². The molecule has 0 amide bonds. The quantitative estimate of drug-likeness (QED) is 0.880. The topological polar surface area (TPSA) is 72.0 Å². The van der Waals surface area contributed by atoms with E-state index in [2.05, 4.69) is 45.5 Å². The summed E-state index contributed by atoms with van der Waals surface area (Å²) in [4.78, 5) is 12.8. The Morgan fingerprint density at radius 3 is 2.43 bits per heavy atom. The lowest BCUT2D eigenvalue weighted by molar-refractivity contribution is 0.222. The van der Waals surface area contributed by atoms with Gasteiger partial charge < -0.3 is 15.4 Å².